The van der Waals surface area contributed by atoms with E-state index in [1.165, 1.54) is 6.92 Å². The smallest absolute Gasteiger partial charge is 0.408 e. The van der Waals surface area contributed by atoms with Crippen molar-refractivity contribution < 1.29 is 14.3 Å². The summed E-state index contributed by atoms with van der Waals surface area (Å²) in [6, 6.07) is -0.768. The molecule has 0 aromatic heterocycles. The molecule has 19 heavy (non-hydrogen) atoms. The Labute approximate surface area is 119 Å². The molecule has 0 aliphatic carbocycles. The quantitative estimate of drug-likeness (QED) is 0.600. The highest BCUT2D eigenvalue weighted by Crippen LogP contribution is 2.06. The van der Waals surface area contributed by atoms with Crippen molar-refractivity contribution in [2.24, 2.45) is 10.7 Å². The van der Waals surface area contributed by atoms with Gasteiger partial charge in [-0.15, -0.1) is 0 Å². The van der Waals surface area contributed by atoms with Gasteiger partial charge in [-0.2, -0.15) is 4.99 Å². The SMILES string of the molecule is CC.CSC(N)=NC(=O)C(C)NC(=O)OC(C)(C)C. The van der Waals surface area contributed by atoms with E-state index in [1.54, 1.807) is 27.0 Å². The minimum atomic E-state index is -0.768. The van der Waals surface area contributed by atoms with Crippen LogP contribution in [0.1, 0.15) is 41.5 Å². The van der Waals surface area contributed by atoms with Crippen LogP contribution in [0.5, 0.6) is 0 Å². The maximum atomic E-state index is 11.5. The third kappa shape index (κ3) is 11.6. The summed E-state index contributed by atoms with van der Waals surface area (Å²) in [5, 5.41) is 2.54. The lowest BCUT2D eigenvalue weighted by Gasteiger charge is -2.20. The molecule has 0 heterocycles. The second-order valence-electron chi connectivity index (χ2n) is 4.36. The van der Waals surface area contributed by atoms with Crippen LogP contribution in [-0.4, -0.2) is 35.1 Å². The number of nitrogens with zero attached hydrogens (tertiary/aromatic N) is 1. The van der Waals surface area contributed by atoms with E-state index >= 15 is 0 Å². The maximum absolute atomic E-state index is 11.5. The highest BCUT2D eigenvalue weighted by Gasteiger charge is 2.20. The number of hydrogen-bond acceptors (Lipinski definition) is 4. The van der Waals surface area contributed by atoms with Crippen LogP contribution in [-0.2, 0) is 9.53 Å². The van der Waals surface area contributed by atoms with Crippen LogP contribution in [0.4, 0.5) is 4.79 Å². The van der Waals surface area contributed by atoms with Gasteiger partial charge >= 0.3 is 6.09 Å². The van der Waals surface area contributed by atoms with Gasteiger partial charge in [-0.05, 0) is 34.0 Å². The number of aliphatic imine (C=N–C) groups is 1. The minimum absolute atomic E-state index is 0.160. The van der Waals surface area contributed by atoms with Crippen molar-refractivity contribution >= 4 is 28.9 Å². The van der Waals surface area contributed by atoms with E-state index in [0.717, 1.165) is 11.8 Å². The third-order valence-electron chi connectivity index (χ3n) is 1.53. The molecular formula is C12H25N3O3S. The molecule has 0 aromatic carbocycles. The van der Waals surface area contributed by atoms with E-state index in [0.29, 0.717) is 0 Å². The first-order valence-electron chi connectivity index (χ1n) is 6.07. The van der Waals surface area contributed by atoms with E-state index in [2.05, 4.69) is 10.3 Å². The van der Waals surface area contributed by atoms with Gasteiger partial charge in [0, 0.05) is 0 Å². The fraction of sp³-hybridized carbons (Fsp3) is 0.750. The Morgan fingerprint density at radius 2 is 1.79 bits per heavy atom. The molecule has 2 amide bonds. The molecule has 0 aliphatic heterocycles. The zero-order chi connectivity index (χ0) is 15.6. The van der Waals surface area contributed by atoms with Gasteiger partial charge in [0.1, 0.15) is 11.6 Å². The summed E-state index contributed by atoms with van der Waals surface area (Å²) in [5.74, 6) is -0.511. The summed E-state index contributed by atoms with van der Waals surface area (Å²) in [5.41, 5.74) is 4.79. The lowest BCUT2D eigenvalue weighted by Crippen LogP contribution is -2.41. The summed E-state index contributed by atoms with van der Waals surface area (Å²) in [6.45, 7) is 10.7. The average Bonchev–Trinajstić information content (AvgIpc) is 2.28. The number of hydrogen-bond donors (Lipinski definition) is 2. The summed E-state index contributed by atoms with van der Waals surface area (Å²) < 4.78 is 5.00. The van der Waals surface area contributed by atoms with Crippen LogP contribution < -0.4 is 11.1 Å². The molecule has 3 N–H and O–H groups in total. The van der Waals surface area contributed by atoms with Gasteiger partial charge in [-0.3, -0.25) is 4.79 Å². The molecule has 0 rings (SSSR count). The van der Waals surface area contributed by atoms with Crippen LogP contribution in [0.3, 0.4) is 0 Å². The number of amides is 2. The number of amidine groups is 1. The van der Waals surface area contributed by atoms with Crippen molar-refractivity contribution in [1.29, 1.82) is 0 Å². The summed E-state index contributed by atoms with van der Waals surface area (Å²) in [6.07, 6.45) is 1.05. The van der Waals surface area contributed by atoms with E-state index in [9.17, 15) is 9.59 Å². The monoisotopic (exact) mass is 291 g/mol. The third-order valence-corrected chi connectivity index (χ3v) is 2.04. The molecule has 0 bridgehead atoms. The van der Waals surface area contributed by atoms with Crippen LogP contribution in [0.25, 0.3) is 0 Å². The Bertz CT molecular complexity index is 325. The maximum Gasteiger partial charge on any atom is 0.408 e. The lowest BCUT2D eigenvalue weighted by molar-refractivity contribution is -0.119. The van der Waals surface area contributed by atoms with Crippen molar-refractivity contribution in [3.63, 3.8) is 0 Å². The number of ether oxygens (including phenoxy) is 1. The Balaban J connectivity index is 0. The first kappa shape index (κ1) is 20.1. The highest BCUT2D eigenvalue weighted by atomic mass is 32.2. The zero-order valence-corrected chi connectivity index (χ0v) is 13.6. The molecule has 112 valence electrons. The molecule has 0 aliphatic rings. The molecule has 0 spiro atoms. The number of rotatable bonds is 2. The number of nitrogens with one attached hydrogen (secondary N) is 1. The molecule has 7 heteroatoms. The molecular weight excluding hydrogens is 266 g/mol. The Morgan fingerprint density at radius 1 is 1.32 bits per heavy atom. The van der Waals surface area contributed by atoms with Gasteiger partial charge in [0.05, 0.1) is 0 Å². The number of alkyl carbamates (subject to hydrolysis) is 1. The predicted molar refractivity (Wildman–Crippen MR) is 80.3 cm³/mol. The van der Waals surface area contributed by atoms with Gasteiger partial charge in [-0.25, -0.2) is 4.79 Å². The van der Waals surface area contributed by atoms with E-state index in [1.807, 2.05) is 13.8 Å². The van der Waals surface area contributed by atoms with E-state index < -0.39 is 23.6 Å². The fourth-order valence-electron chi connectivity index (χ4n) is 0.797. The minimum Gasteiger partial charge on any atom is -0.444 e. The topological polar surface area (TPSA) is 93.8 Å². The molecule has 6 nitrogen and oxygen atoms in total. The zero-order valence-electron chi connectivity index (χ0n) is 12.7. The molecule has 0 aromatic rings. The first-order valence-corrected chi connectivity index (χ1v) is 7.29. The van der Waals surface area contributed by atoms with Crippen LogP contribution in [0, 0.1) is 0 Å². The summed E-state index contributed by atoms with van der Waals surface area (Å²) in [4.78, 5) is 26.4. The highest BCUT2D eigenvalue weighted by molar-refractivity contribution is 8.13. The predicted octanol–water partition coefficient (Wildman–Crippen LogP) is 2.13. The average molecular weight is 291 g/mol. The molecule has 0 radical (unpaired) electrons. The number of nitrogens with two attached hydrogens (primary N) is 1. The van der Waals surface area contributed by atoms with Gasteiger partial charge in [0.15, 0.2) is 5.17 Å². The number of carbonyl (C=O) groups excluding carboxylic acids is 2. The normalized spacial score (nSPS) is 12.9. The van der Waals surface area contributed by atoms with Crippen molar-refractivity contribution in [3.8, 4) is 0 Å². The molecule has 0 saturated carbocycles. The second kappa shape index (κ2) is 9.66. The van der Waals surface area contributed by atoms with Crippen molar-refractivity contribution in [2.45, 2.75) is 53.2 Å². The van der Waals surface area contributed by atoms with Gasteiger partial charge < -0.3 is 15.8 Å². The van der Waals surface area contributed by atoms with Crippen molar-refractivity contribution in [2.75, 3.05) is 6.26 Å². The molecule has 0 fully saturated rings. The Morgan fingerprint density at radius 3 is 2.16 bits per heavy atom. The van der Waals surface area contributed by atoms with Gasteiger partial charge in [0.2, 0.25) is 0 Å². The van der Waals surface area contributed by atoms with E-state index in [4.69, 9.17) is 10.5 Å². The lowest BCUT2D eigenvalue weighted by atomic mass is 10.2. The number of thioether (sulfide) groups is 1. The van der Waals surface area contributed by atoms with Crippen LogP contribution in [0.15, 0.2) is 4.99 Å². The van der Waals surface area contributed by atoms with Crippen LogP contribution in [0.2, 0.25) is 0 Å². The van der Waals surface area contributed by atoms with Crippen molar-refractivity contribution in [3.05, 3.63) is 0 Å². The first-order chi connectivity index (χ1) is 8.65. The molecule has 1 atom stereocenters. The number of carbonyl (C=O) groups is 2. The summed E-state index contributed by atoms with van der Waals surface area (Å²) in [7, 11) is 0. The fourth-order valence-corrected chi connectivity index (χ4v) is 0.978. The van der Waals surface area contributed by atoms with Gasteiger partial charge in [0.25, 0.3) is 5.91 Å². The van der Waals surface area contributed by atoms with Crippen molar-refractivity contribution in [1.82, 2.24) is 5.32 Å². The molecule has 0 saturated heterocycles. The summed E-state index contributed by atoms with van der Waals surface area (Å²) >= 11 is 1.16. The largest absolute Gasteiger partial charge is 0.444 e. The standard InChI is InChI=1S/C10H19N3O3S.C2H6/c1-6(7(14)13-8(11)17-5)12-9(15)16-10(2,3)4;1-2/h6H,1-5H3,(H,12,15)(H2,11,13,14);1-2H3. The van der Waals surface area contributed by atoms with E-state index in [-0.39, 0.29) is 5.17 Å². The Kier molecular flexibility index (Phi) is 10.2. The Hall–Kier alpha value is -1.24. The van der Waals surface area contributed by atoms with Crippen LogP contribution >= 0.6 is 11.8 Å². The molecule has 1 unspecified atom stereocenters. The van der Waals surface area contributed by atoms with Gasteiger partial charge in [-0.1, -0.05) is 25.6 Å². The second-order valence-corrected chi connectivity index (χ2v) is 5.19.